The average molecular weight is 310 g/mol. The average Bonchev–Trinajstić information content (AvgIpc) is 2.82. The fraction of sp³-hybridized carbons (Fsp3) is 0.286. The van der Waals surface area contributed by atoms with E-state index in [0.717, 1.165) is 15.3 Å². The van der Waals surface area contributed by atoms with Crippen LogP contribution in [0.25, 0.3) is 0 Å². The number of hydrogen-bond acceptors (Lipinski definition) is 4. The van der Waals surface area contributed by atoms with E-state index in [4.69, 9.17) is 5.73 Å². The van der Waals surface area contributed by atoms with Crippen LogP contribution in [0.1, 0.15) is 28.3 Å². The molecule has 108 valence electrons. The van der Waals surface area contributed by atoms with Crippen LogP contribution in [0, 0.1) is 6.92 Å². The molecule has 0 amide bonds. The van der Waals surface area contributed by atoms with E-state index < -0.39 is 10.0 Å². The minimum Gasteiger partial charge on any atom is -0.324 e. The van der Waals surface area contributed by atoms with Gasteiger partial charge in [-0.25, -0.2) is 13.1 Å². The molecule has 0 radical (unpaired) electrons. The summed E-state index contributed by atoms with van der Waals surface area (Å²) >= 11 is 1.58. The standard InChI is InChI=1S/C14H18N2O2S2/c1-10-6-7-13(19-10)9-16-20(17,18)14-5-3-4-12(8-14)11(2)15/h3-8,11,16H,9,15H2,1-2H3. The lowest BCUT2D eigenvalue weighted by Gasteiger charge is -2.09. The molecule has 0 aliphatic rings. The highest BCUT2D eigenvalue weighted by Crippen LogP contribution is 2.18. The molecule has 2 rings (SSSR count). The van der Waals surface area contributed by atoms with Crippen LogP contribution in [-0.2, 0) is 16.6 Å². The van der Waals surface area contributed by atoms with Crippen molar-refractivity contribution in [3.05, 3.63) is 51.7 Å². The van der Waals surface area contributed by atoms with Crippen LogP contribution >= 0.6 is 11.3 Å². The Hall–Kier alpha value is -1.21. The van der Waals surface area contributed by atoms with Gasteiger partial charge in [-0.1, -0.05) is 12.1 Å². The Morgan fingerprint density at radius 1 is 1.30 bits per heavy atom. The molecule has 0 spiro atoms. The summed E-state index contributed by atoms with van der Waals surface area (Å²) in [6.45, 7) is 4.13. The molecule has 1 unspecified atom stereocenters. The maximum Gasteiger partial charge on any atom is 0.240 e. The fourth-order valence-corrected chi connectivity index (χ4v) is 3.78. The molecule has 0 aliphatic heterocycles. The first kappa shape index (κ1) is 15.2. The molecule has 4 nitrogen and oxygen atoms in total. The highest BCUT2D eigenvalue weighted by atomic mass is 32.2. The summed E-state index contributed by atoms with van der Waals surface area (Å²) in [5.74, 6) is 0. The predicted molar refractivity (Wildman–Crippen MR) is 82.1 cm³/mol. The second-order valence-corrected chi connectivity index (χ2v) is 7.84. The molecular formula is C14H18N2O2S2. The number of benzene rings is 1. The van der Waals surface area contributed by atoms with Crippen LogP contribution in [0.4, 0.5) is 0 Å². The highest BCUT2D eigenvalue weighted by Gasteiger charge is 2.15. The van der Waals surface area contributed by atoms with Crippen LogP contribution < -0.4 is 10.5 Å². The third-order valence-corrected chi connectivity index (χ3v) is 5.33. The van der Waals surface area contributed by atoms with E-state index in [2.05, 4.69) is 4.72 Å². The highest BCUT2D eigenvalue weighted by molar-refractivity contribution is 7.89. The Labute approximate surface area is 123 Å². The summed E-state index contributed by atoms with van der Waals surface area (Å²) < 4.78 is 27.1. The molecule has 0 saturated heterocycles. The SMILES string of the molecule is Cc1ccc(CNS(=O)(=O)c2cccc(C(C)N)c2)s1. The summed E-state index contributed by atoms with van der Waals surface area (Å²) in [5.41, 5.74) is 6.59. The van der Waals surface area contributed by atoms with Gasteiger partial charge in [-0.15, -0.1) is 11.3 Å². The van der Waals surface area contributed by atoms with Gasteiger partial charge in [-0.2, -0.15) is 0 Å². The number of hydrogen-bond donors (Lipinski definition) is 2. The van der Waals surface area contributed by atoms with Gasteiger partial charge < -0.3 is 5.73 Å². The molecule has 0 fully saturated rings. The Kier molecular flexibility index (Phi) is 4.59. The van der Waals surface area contributed by atoms with Crippen molar-refractivity contribution in [3.63, 3.8) is 0 Å². The monoisotopic (exact) mass is 310 g/mol. The molecule has 1 atom stereocenters. The van der Waals surface area contributed by atoms with Gasteiger partial charge in [0.15, 0.2) is 0 Å². The van der Waals surface area contributed by atoms with Gasteiger partial charge in [-0.05, 0) is 43.7 Å². The molecule has 1 aromatic heterocycles. The number of sulfonamides is 1. The van der Waals surface area contributed by atoms with Gasteiger partial charge in [0.25, 0.3) is 0 Å². The van der Waals surface area contributed by atoms with E-state index >= 15 is 0 Å². The number of nitrogens with one attached hydrogen (secondary N) is 1. The van der Waals surface area contributed by atoms with Crippen molar-refractivity contribution in [3.8, 4) is 0 Å². The van der Waals surface area contributed by atoms with Crippen molar-refractivity contribution < 1.29 is 8.42 Å². The first-order valence-corrected chi connectivity index (χ1v) is 8.59. The Morgan fingerprint density at radius 2 is 2.05 bits per heavy atom. The van der Waals surface area contributed by atoms with Crippen LogP contribution in [0.15, 0.2) is 41.3 Å². The van der Waals surface area contributed by atoms with Crippen molar-refractivity contribution in [1.29, 1.82) is 0 Å². The summed E-state index contributed by atoms with van der Waals surface area (Å²) in [5, 5.41) is 0. The first-order valence-electron chi connectivity index (χ1n) is 6.29. The van der Waals surface area contributed by atoms with E-state index in [1.165, 1.54) is 0 Å². The van der Waals surface area contributed by atoms with Crippen LogP contribution in [0.3, 0.4) is 0 Å². The molecule has 1 heterocycles. The number of aryl methyl sites for hydroxylation is 1. The zero-order chi connectivity index (χ0) is 14.8. The third kappa shape index (κ3) is 3.67. The van der Waals surface area contributed by atoms with Crippen molar-refractivity contribution in [1.82, 2.24) is 4.72 Å². The van der Waals surface area contributed by atoms with Crippen molar-refractivity contribution in [2.45, 2.75) is 31.3 Å². The Balaban J connectivity index is 2.15. The van der Waals surface area contributed by atoms with Crippen LogP contribution in [0.5, 0.6) is 0 Å². The van der Waals surface area contributed by atoms with Gasteiger partial charge in [0.05, 0.1) is 4.90 Å². The van der Waals surface area contributed by atoms with Gasteiger partial charge in [0.2, 0.25) is 10.0 Å². The summed E-state index contributed by atoms with van der Waals surface area (Å²) in [6.07, 6.45) is 0. The van der Waals surface area contributed by atoms with Crippen molar-refractivity contribution >= 4 is 21.4 Å². The topological polar surface area (TPSA) is 72.2 Å². The lowest BCUT2D eigenvalue weighted by molar-refractivity contribution is 0.581. The maximum absolute atomic E-state index is 12.2. The van der Waals surface area contributed by atoms with Gasteiger partial charge in [-0.3, -0.25) is 0 Å². The Bertz CT molecular complexity index is 691. The van der Waals surface area contributed by atoms with E-state index in [0.29, 0.717) is 6.54 Å². The molecule has 0 bridgehead atoms. The zero-order valence-corrected chi connectivity index (χ0v) is 13.1. The molecule has 0 saturated carbocycles. The summed E-state index contributed by atoms with van der Waals surface area (Å²) in [6, 6.07) is 10.5. The summed E-state index contributed by atoms with van der Waals surface area (Å²) in [4.78, 5) is 2.41. The van der Waals surface area contributed by atoms with E-state index in [-0.39, 0.29) is 10.9 Å². The molecular weight excluding hydrogens is 292 g/mol. The van der Waals surface area contributed by atoms with Crippen LogP contribution in [0.2, 0.25) is 0 Å². The molecule has 6 heteroatoms. The molecule has 3 N–H and O–H groups in total. The minimum absolute atomic E-state index is 0.190. The molecule has 2 aromatic rings. The quantitative estimate of drug-likeness (QED) is 0.891. The Morgan fingerprint density at radius 3 is 2.65 bits per heavy atom. The minimum atomic E-state index is -3.50. The largest absolute Gasteiger partial charge is 0.324 e. The van der Waals surface area contributed by atoms with E-state index in [9.17, 15) is 8.42 Å². The van der Waals surface area contributed by atoms with Gasteiger partial charge >= 0.3 is 0 Å². The molecule has 20 heavy (non-hydrogen) atoms. The van der Waals surface area contributed by atoms with E-state index in [1.807, 2.05) is 32.0 Å². The zero-order valence-electron chi connectivity index (χ0n) is 11.5. The van der Waals surface area contributed by atoms with Gasteiger partial charge in [0, 0.05) is 22.3 Å². The van der Waals surface area contributed by atoms with E-state index in [1.54, 1.807) is 29.5 Å². The predicted octanol–water partition coefficient (Wildman–Crippen LogP) is 2.55. The molecule has 0 aliphatic carbocycles. The second-order valence-electron chi connectivity index (χ2n) is 4.70. The summed E-state index contributed by atoms with van der Waals surface area (Å²) in [7, 11) is -3.50. The van der Waals surface area contributed by atoms with Gasteiger partial charge in [0.1, 0.15) is 0 Å². The number of nitrogens with two attached hydrogens (primary N) is 1. The van der Waals surface area contributed by atoms with Crippen LogP contribution in [-0.4, -0.2) is 8.42 Å². The van der Waals surface area contributed by atoms with Crippen molar-refractivity contribution in [2.75, 3.05) is 0 Å². The first-order chi connectivity index (χ1) is 9.38. The second kappa shape index (κ2) is 6.05. The third-order valence-electron chi connectivity index (χ3n) is 2.93. The maximum atomic E-state index is 12.2. The lowest BCUT2D eigenvalue weighted by Crippen LogP contribution is -2.23. The number of rotatable bonds is 5. The molecule has 1 aromatic carbocycles. The normalized spacial score (nSPS) is 13.3. The fourth-order valence-electron chi connectivity index (χ4n) is 1.79. The number of thiophene rings is 1. The smallest absolute Gasteiger partial charge is 0.240 e. The van der Waals surface area contributed by atoms with Crippen molar-refractivity contribution in [2.24, 2.45) is 5.73 Å². The lowest BCUT2D eigenvalue weighted by atomic mass is 10.1.